The maximum atomic E-state index is 12.1. The van der Waals surface area contributed by atoms with E-state index in [1.54, 1.807) is 18.2 Å². The lowest BCUT2D eigenvalue weighted by Gasteiger charge is -2.21. The topological polar surface area (TPSA) is 3.24 Å². The molecule has 0 amide bonds. The molecule has 0 saturated carbocycles. The Kier molecular flexibility index (Phi) is 2.26. The van der Waals surface area contributed by atoms with E-state index in [4.69, 9.17) is 0 Å². The van der Waals surface area contributed by atoms with Gasteiger partial charge in [-0.15, -0.1) is 0 Å². The van der Waals surface area contributed by atoms with Gasteiger partial charge in [0.2, 0.25) is 0 Å². The molecular weight excluding hydrogens is 167 g/mol. The average molecular weight is 175 g/mol. The molecule has 0 aliphatic carbocycles. The molecule has 0 aliphatic heterocycles. The van der Waals surface area contributed by atoms with Crippen molar-refractivity contribution < 1.29 is 13.2 Å². The highest BCUT2D eigenvalue weighted by atomic mass is 19.4. The summed E-state index contributed by atoms with van der Waals surface area (Å²) in [6, 6.07) is 7.63. The Morgan fingerprint density at radius 1 is 1.08 bits per heavy atom. The second kappa shape index (κ2) is 3.05. The first-order chi connectivity index (χ1) is 5.52. The number of alkyl halides is 3. The van der Waals surface area contributed by atoms with Crippen molar-refractivity contribution in [2.75, 3.05) is 11.9 Å². The third kappa shape index (κ3) is 1.90. The summed E-state index contributed by atoms with van der Waals surface area (Å²) in [6.07, 6.45) is -4.30. The van der Waals surface area contributed by atoms with E-state index in [-0.39, 0.29) is 10.6 Å². The maximum absolute atomic E-state index is 12.1. The molecule has 66 valence electrons. The van der Waals surface area contributed by atoms with Crippen molar-refractivity contribution in [1.29, 1.82) is 0 Å². The molecule has 0 fully saturated rings. The van der Waals surface area contributed by atoms with Crippen LogP contribution in [0.15, 0.2) is 30.3 Å². The van der Waals surface area contributed by atoms with Gasteiger partial charge in [0.25, 0.3) is 0 Å². The van der Waals surface area contributed by atoms with Crippen molar-refractivity contribution in [1.82, 2.24) is 0 Å². The molecule has 0 unspecified atom stereocenters. The number of para-hydroxylation sites is 1. The summed E-state index contributed by atoms with van der Waals surface area (Å²) in [6.45, 7) is 0. The molecule has 1 aromatic carbocycles. The van der Waals surface area contributed by atoms with Crippen molar-refractivity contribution in [3.63, 3.8) is 0 Å². The number of hydrogen-bond acceptors (Lipinski definition) is 1. The maximum Gasteiger partial charge on any atom is 0.484 e. The molecule has 1 rings (SSSR count). The summed E-state index contributed by atoms with van der Waals surface area (Å²) in [7, 11) is 0.995. The number of nitrogens with zero attached hydrogens (tertiary/aromatic N) is 1. The molecular formula is C8H8F3N. The lowest BCUT2D eigenvalue weighted by atomic mass is 10.3. The Labute approximate surface area is 68.4 Å². The van der Waals surface area contributed by atoms with Gasteiger partial charge in [0, 0.05) is 12.7 Å². The monoisotopic (exact) mass is 175 g/mol. The van der Waals surface area contributed by atoms with Gasteiger partial charge in [0.15, 0.2) is 0 Å². The highest BCUT2D eigenvalue weighted by Crippen LogP contribution is 2.25. The van der Waals surface area contributed by atoms with Gasteiger partial charge >= 0.3 is 6.30 Å². The summed E-state index contributed by atoms with van der Waals surface area (Å²) in [5, 5.41) is 0. The first kappa shape index (κ1) is 8.90. The van der Waals surface area contributed by atoms with E-state index in [1.807, 2.05) is 0 Å². The van der Waals surface area contributed by atoms with Gasteiger partial charge < -0.3 is 0 Å². The first-order valence-corrected chi connectivity index (χ1v) is 3.37. The second-order valence-corrected chi connectivity index (χ2v) is 2.36. The standard InChI is InChI=1S/C8H8F3N/c1-12(8(9,10)11)7-5-3-2-4-6-7/h2-6H,1H3. The smallest absolute Gasteiger partial charge is 0.287 e. The van der Waals surface area contributed by atoms with Gasteiger partial charge in [0.05, 0.1) is 0 Å². The minimum atomic E-state index is -4.30. The van der Waals surface area contributed by atoms with E-state index in [2.05, 4.69) is 0 Å². The van der Waals surface area contributed by atoms with Crippen molar-refractivity contribution in [2.45, 2.75) is 6.30 Å². The molecule has 0 radical (unpaired) electrons. The Morgan fingerprint density at radius 3 is 2.00 bits per heavy atom. The van der Waals surface area contributed by atoms with E-state index in [0.717, 1.165) is 7.05 Å². The largest absolute Gasteiger partial charge is 0.484 e. The van der Waals surface area contributed by atoms with Crippen molar-refractivity contribution in [3.8, 4) is 0 Å². The van der Waals surface area contributed by atoms with Gasteiger partial charge in [-0.1, -0.05) is 18.2 Å². The molecule has 0 heterocycles. The van der Waals surface area contributed by atoms with E-state index in [1.165, 1.54) is 12.1 Å². The van der Waals surface area contributed by atoms with Crippen molar-refractivity contribution in [3.05, 3.63) is 30.3 Å². The normalized spacial score (nSPS) is 11.3. The van der Waals surface area contributed by atoms with Crippen LogP contribution >= 0.6 is 0 Å². The number of halogens is 3. The molecule has 0 spiro atoms. The minimum Gasteiger partial charge on any atom is -0.287 e. The highest BCUT2D eigenvalue weighted by molar-refractivity contribution is 5.45. The van der Waals surface area contributed by atoms with E-state index in [0.29, 0.717) is 0 Å². The Balaban J connectivity index is 2.86. The summed E-state index contributed by atoms with van der Waals surface area (Å²) >= 11 is 0. The molecule has 12 heavy (non-hydrogen) atoms. The number of anilines is 1. The average Bonchev–Trinajstić information content (AvgIpc) is 2.03. The van der Waals surface area contributed by atoms with E-state index in [9.17, 15) is 13.2 Å². The van der Waals surface area contributed by atoms with Gasteiger partial charge in [0.1, 0.15) is 0 Å². The van der Waals surface area contributed by atoms with Crippen LogP contribution in [0, 0.1) is 0 Å². The summed E-state index contributed by atoms with van der Waals surface area (Å²) in [4.78, 5) is 0.271. The molecule has 0 bridgehead atoms. The first-order valence-electron chi connectivity index (χ1n) is 3.37. The van der Waals surface area contributed by atoms with Gasteiger partial charge in [-0.25, -0.2) is 0 Å². The van der Waals surface area contributed by atoms with Crippen LogP contribution in [0.2, 0.25) is 0 Å². The zero-order chi connectivity index (χ0) is 9.19. The Morgan fingerprint density at radius 2 is 1.58 bits per heavy atom. The third-order valence-electron chi connectivity index (χ3n) is 1.52. The quantitative estimate of drug-likeness (QED) is 0.593. The van der Waals surface area contributed by atoms with Crippen molar-refractivity contribution in [2.24, 2.45) is 0 Å². The van der Waals surface area contributed by atoms with Crippen LogP contribution < -0.4 is 4.90 Å². The van der Waals surface area contributed by atoms with E-state index >= 15 is 0 Å². The van der Waals surface area contributed by atoms with Crippen LogP contribution in [0.4, 0.5) is 18.9 Å². The highest BCUT2D eigenvalue weighted by Gasteiger charge is 2.33. The summed E-state index contributed by atoms with van der Waals surface area (Å²) in [5.41, 5.74) is 0.144. The molecule has 0 aromatic heterocycles. The molecule has 0 N–H and O–H groups in total. The zero-order valence-corrected chi connectivity index (χ0v) is 6.47. The van der Waals surface area contributed by atoms with Gasteiger partial charge in [-0.3, -0.25) is 4.90 Å². The molecule has 0 atom stereocenters. The Bertz CT molecular complexity index is 242. The minimum absolute atomic E-state index is 0.144. The Hall–Kier alpha value is -1.19. The SMILES string of the molecule is CN(c1ccccc1)C(F)(F)F. The predicted octanol–water partition coefficient (Wildman–Crippen LogP) is 2.64. The van der Waals surface area contributed by atoms with Crippen LogP contribution in [-0.4, -0.2) is 13.3 Å². The fourth-order valence-corrected chi connectivity index (χ4v) is 0.798. The van der Waals surface area contributed by atoms with E-state index < -0.39 is 6.30 Å². The number of rotatable bonds is 1. The van der Waals surface area contributed by atoms with Gasteiger partial charge in [-0.05, 0) is 12.1 Å². The van der Waals surface area contributed by atoms with Crippen LogP contribution in [0.25, 0.3) is 0 Å². The summed E-state index contributed by atoms with van der Waals surface area (Å²) in [5.74, 6) is 0. The fourth-order valence-electron chi connectivity index (χ4n) is 0.798. The lowest BCUT2D eigenvalue weighted by Crippen LogP contribution is -2.33. The van der Waals surface area contributed by atoms with Crippen LogP contribution in [-0.2, 0) is 0 Å². The number of benzene rings is 1. The molecule has 0 saturated heterocycles. The molecule has 1 aromatic rings. The molecule has 1 nitrogen and oxygen atoms in total. The van der Waals surface area contributed by atoms with Crippen LogP contribution in [0.1, 0.15) is 0 Å². The van der Waals surface area contributed by atoms with Crippen molar-refractivity contribution >= 4 is 5.69 Å². The van der Waals surface area contributed by atoms with Crippen LogP contribution in [0.5, 0.6) is 0 Å². The van der Waals surface area contributed by atoms with Gasteiger partial charge in [-0.2, -0.15) is 13.2 Å². The second-order valence-electron chi connectivity index (χ2n) is 2.36. The predicted molar refractivity (Wildman–Crippen MR) is 40.9 cm³/mol. The third-order valence-corrected chi connectivity index (χ3v) is 1.52. The number of hydrogen-bond donors (Lipinski definition) is 0. The summed E-state index contributed by atoms with van der Waals surface area (Å²) < 4.78 is 36.2. The fraction of sp³-hybridized carbons (Fsp3) is 0.250. The lowest BCUT2D eigenvalue weighted by molar-refractivity contribution is -0.125. The zero-order valence-electron chi connectivity index (χ0n) is 6.47. The van der Waals surface area contributed by atoms with Crippen LogP contribution in [0.3, 0.4) is 0 Å². The molecule has 4 heteroatoms. The molecule has 0 aliphatic rings.